The molecule has 1 unspecified atom stereocenters. The summed E-state index contributed by atoms with van der Waals surface area (Å²) in [5, 5.41) is 0. The summed E-state index contributed by atoms with van der Waals surface area (Å²) >= 11 is 0. The van der Waals surface area contributed by atoms with Gasteiger partial charge in [-0.25, -0.2) is 0 Å². The Hall–Kier alpha value is -1.06. The zero-order valence-corrected chi connectivity index (χ0v) is 15.1. The van der Waals surface area contributed by atoms with Crippen LogP contribution >= 0.6 is 0 Å². The van der Waals surface area contributed by atoms with Gasteiger partial charge in [-0.1, -0.05) is 34.6 Å². The maximum Gasteiger partial charge on any atom is 0.311 e. The van der Waals surface area contributed by atoms with Crippen molar-refractivity contribution in [3.8, 4) is 0 Å². The first-order valence-electron chi connectivity index (χ1n) is 7.79. The van der Waals surface area contributed by atoms with Crippen LogP contribution in [0.15, 0.2) is 0 Å². The van der Waals surface area contributed by atoms with E-state index >= 15 is 0 Å². The molecule has 4 nitrogen and oxygen atoms in total. The second kappa shape index (κ2) is 7.28. The molecule has 0 saturated carbocycles. The number of esters is 2. The van der Waals surface area contributed by atoms with Gasteiger partial charge in [0, 0.05) is 0 Å². The predicted molar refractivity (Wildman–Crippen MR) is 83.8 cm³/mol. The van der Waals surface area contributed by atoms with E-state index in [1.54, 1.807) is 27.7 Å². The van der Waals surface area contributed by atoms with Crippen LogP contribution in [0.5, 0.6) is 0 Å². The Balaban J connectivity index is 5.14. The summed E-state index contributed by atoms with van der Waals surface area (Å²) in [4.78, 5) is 24.2. The molecule has 0 saturated heterocycles. The van der Waals surface area contributed by atoms with E-state index in [0.29, 0.717) is 6.42 Å². The van der Waals surface area contributed by atoms with Gasteiger partial charge in [0.15, 0.2) is 0 Å². The molecule has 0 aliphatic heterocycles. The van der Waals surface area contributed by atoms with Crippen LogP contribution in [-0.2, 0) is 19.1 Å². The van der Waals surface area contributed by atoms with Crippen LogP contribution in [0, 0.1) is 17.3 Å². The first-order chi connectivity index (χ1) is 9.35. The first-order valence-corrected chi connectivity index (χ1v) is 7.79. The summed E-state index contributed by atoms with van der Waals surface area (Å²) in [6, 6.07) is 0. The Morgan fingerprint density at radius 3 is 1.81 bits per heavy atom. The Bertz CT molecular complexity index is 367. The Kier molecular flexibility index (Phi) is 6.91. The zero-order chi connectivity index (χ0) is 17.0. The fourth-order valence-electron chi connectivity index (χ4n) is 1.94. The highest BCUT2D eigenvalue weighted by Crippen LogP contribution is 2.30. The average Bonchev–Trinajstić information content (AvgIpc) is 2.33. The minimum Gasteiger partial charge on any atom is -0.457 e. The molecule has 0 aliphatic carbocycles. The molecule has 0 fully saturated rings. The number of carbonyl (C=O) groups is 2. The molecule has 0 spiro atoms. The zero-order valence-electron chi connectivity index (χ0n) is 15.1. The molecule has 0 N–H and O–H groups in total. The summed E-state index contributed by atoms with van der Waals surface area (Å²) < 4.78 is 11.3. The van der Waals surface area contributed by atoms with Crippen LogP contribution in [0.2, 0.25) is 0 Å². The third-order valence-electron chi connectivity index (χ3n) is 3.80. The molecule has 0 rings (SSSR count). The summed E-state index contributed by atoms with van der Waals surface area (Å²) in [5.74, 6) is -0.690. The SMILES string of the molecule is CCC(C)(C)C(=O)OC(C(C)C)C(C)(C)OC(=O)C(C)C. The first kappa shape index (κ1) is 19.9. The van der Waals surface area contributed by atoms with E-state index in [1.807, 2.05) is 34.6 Å². The second-order valence-corrected chi connectivity index (χ2v) is 7.49. The number of ether oxygens (including phenoxy) is 2. The van der Waals surface area contributed by atoms with E-state index in [0.717, 1.165) is 0 Å². The molecule has 124 valence electrons. The van der Waals surface area contributed by atoms with Gasteiger partial charge in [0.2, 0.25) is 0 Å². The van der Waals surface area contributed by atoms with E-state index in [4.69, 9.17) is 9.47 Å². The standard InChI is InChI=1S/C17H32O4/c1-10-16(6,7)15(19)20-13(11(2)3)17(8,9)21-14(18)12(4)5/h11-13H,10H2,1-9H3. The molecule has 0 amide bonds. The van der Waals surface area contributed by atoms with Crippen molar-refractivity contribution in [2.24, 2.45) is 17.3 Å². The van der Waals surface area contributed by atoms with Gasteiger partial charge in [-0.3, -0.25) is 9.59 Å². The molecule has 0 heterocycles. The molecule has 1 atom stereocenters. The summed E-state index contributed by atoms with van der Waals surface area (Å²) in [5.41, 5.74) is -1.39. The lowest BCUT2D eigenvalue weighted by Crippen LogP contribution is -2.48. The van der Waals surface area contributed by atoms with Crippen molar-refractivity contribution in [3.63, 3.8) is 0 Å². The van der Waals surface area contributed by atoms with Gasteiger partial charge >= 0.3 is 11.9 Å². The van der Waals surface area contributed by atoms with Crippen LogP contribution in [0.3, 0.4) is 0 Å². The largest absolute Gasteiger partial charge is 0.457 e. The van der Waals surface area contributed by atoms with E-state index in [-0.39, 0.29) is 23.8 Å². The van der Waals surface area contributed by atoms with E-state index in [9.17, 15) is 9.59 Å². The van der Waals surface area contributed by atoms with Crippen molar-refractivity contribution in [3.05, 3.63) is 0 Å². The topological polar surface area (TPSA) is 52.6 Å². The Labute approximate surface area is 129 Å². The molecule has 0 aromatic heterocycles. The molecule has 0 aliphatic rings. The van der Waals surface area contributed by atoms with E-state index in [1.165, 1.54) is 0 Å². The van der Waals surface area contributed by atoms with Gasteiger partial charge in [0.1, 0.15) is 11.7 Å². The highest BCUT2D eigenvalue weighted by atomic mass is 16.6. The van der Waals surface area contributed by atoms with Crippen LogP contribution in [-0.4, -0.2) is 23.6 Å². The maximum atomic E-state index is 12.3. The van der Waals surface area contributed by atoms with Gasteiger partial charge in [-0.05, 0) is 40.0 Å². The third kappa shape index (κ3) is 5.68. The molecular formula is C17H32O4. The summed E-state index contributed by atoms with van der Waals surface area (Å²) in [6.45, 7) is 16.8. The van der Waals surface area contributed by atoms with E-state index < -0.39 is 17.1 Å². The van der Waals surface area contributed by atoms with Crippen LogP contribution < -0.4 is 0 Å². The van der Waals surface area contributed by atoms with Gasteiger partial charge in [0.05, 0.1) is 11.3 Å². The lowest BCUT2D eigenvalue weighted by atomic mass is 9.88. The highest BCUT2D eigenvalue weighted by molar-refractivity contribution is 5.76. The van der Waals surface area contributed by atoms with E-state index in [2.05, 4.69) is 0 Å². The van der Waals surface area contributed by atoms with Crippen molar-refractivity contribution in [2.45, 2.75) is 80.4 Å². The van der Waals surface area contributed by atoms with Gasteiger partial charge in [0.25, 0.3) is 0 Å². The maximum absolute atomic E-state index is 12.3. The van der Waals surface area contributed by atoms with Crippen LogP contribution in [0.4, 0.5) is 0 Å². The smallest absolute Gasteiger partial charge is 0.311 e. The average molecular weight is 300 g/mol. The molecule has 0 bridgehead atoms. The molecule has 21 heavy (non-hydrogen) atoms. The van der Waals surface area contributed by atoms with Crippen LogP contribution in [0.1, 0.15) is 68.7 Å². The minimum absolute atomic E-state index is 0.0524. The number of hydrogen-bond acceptors (Lipinski definition) is 4. The molecule has 0 aromatic rings. The highest BCUT2D eigenvalue weighted by Gasteiger charge is 2.41. The Morgan fingerprint density at radius 2 is 1.48 bits per heavy atom. The van der Waals surface area contributed by atoms with Crippen molar-refractivity contribution >= 4 is 11.9 Å². The molecule has 0 radical (unpaired) electrons. The van der Waals surface area contributed by atoms with Crippen molar-refractivity contribution in [1.82, 2.24) is 0 Å². The fourth-order valence-corrected chi connectivity index (χ4v) is 1.94. The van der Waals surface area contributed by atoms with Crippen molar-refractivity contribution in [1.29, 1.82) is 0 Å². The van der Waals surface area contributed by atoms with Gasteiger partial charge in [-0.2, -0.15) is 0 Å². The molecule has 4 heteroatoms. The fraction of sp³-hybridized carbons (Fsp3) is 0.882. The number of rotatable bonds is 7. The van der Waals surface area contributed by atoms with Gasteiger partial charge in [-0.15, -0.1) is 0 Å². The lowest BCUT2D eigenvalue weighted by Gasteiger charge is -2.38. The second-order valence-electron chi connectivity index (χ2n) is 7.49. The van der Waals surface area contributed by atoms with Crippen LogP contribution in [0.25, 0.3) is 0 Å². The lowest BCUT2D eigenvalue weighted by molar-refractivity contribution is -0.193. The minimum atomic E-state index is -0.852. The quantitative estimate of drug-likeness (QED) is 0.668. The predicted octanol–water partition coefficient (Wildman–Crippen LogP) is 3.97. The normalized spacial score (nSPS) is 14.2. The Morgan fingerprint density at radius 1 is 1.00 bits per heavy atom. The molecular weight excluding hydrogens is 268 g/mol. The molecule has 0 aromatic carbocycles. The summed E-state index contributed by atoms with van der Waals surface area (Å²) in [6.07, 6.45) is 0.224. The van der Waals surface area contributed by atoms with Crippen molar-refractivity contribution in [2.75, 3.05) is 0 Å². The number of hydrogen-bond donors (Lipinski definition) is 0. The third-order valence-corrected chi connectivity index (χ3v) is 3.80. The monoisotopic (exact) mass is 300 g/mol. The van der Waals surface area contributed by atoms with Gasteiger partial charge < -0.3 is 9.47 Å². The number of carbonyl (C=O) groups excluding carboxylic acids is 2. The van der Waals surface area contributed by atoms with Crippen molar-refractivity contribution < 1.29 is 19.1 Å². The summed E-state index contributed by atoms with van der Waals surface area (Å²) in [7, 11) is 0.